The van der Waals surface area contributed by atoms with Crippen LogP contribution in [0.4, 0.5) is 5.95 Å². The Hall–Kier alpha value is -3.26. The summed E-state index contributed by atoms with van der Waals surface area (Å²) >= 11 is 0. The van der Waals surface area contributed by atoms with Crippen LogP contribution in [-0.4, -0.2) is 32.2 Å². The minimum atomic E-state index is -3.70. The van der Waals surface area contributed by atoms with Crippen LogP contribution in [-0.2, 0) is 22.9 Å². The highest BCUT2D eigenvalue weighted by atomic mass is 32.2. The van der Waals surface area contributed by atoms with Gasteiger partial charge in [-0.3, -0.25) is 0 Å². The number of aromatic nitrogens is 2. The minimum Gasteiger partial charge on any atom is -0.497 e. The van der Waals surface area contributed by atoms with Crippen molar-refractivity contribution in [2.75, 3.05) is 19.1 Å². The molecule has 0 fully saturated rings. The van der Waals surface area contributed by atoms with Gasteiger partial charge in [0.05, 0.1) is 30.6 Å². The Bertz CT molecular complexity index is 1130. The highest BCUT2D eigenvalue weighted by molar-refractivity contribution is 7.91. The van der Waals surface area contributed by atoms with Crippen LogP contribution in [0.5, 0.6) is 11.5 Å². The summed E-state index contributed by atoms with van der Waals surface area (Å²) in [7, 11) is -0.725. The summed E-state index contributed by atoms with van der Waals surface area (Å²) in [4.78, 5) is 6.75. The molecule has 0 unspecified atom stereocenters. The van der Waals surface area contributed by atoms with Gasteiger partial charge in [0.25, 0.3) is 0 Å². The van der Waals surface area contributed by atoms with Gasteiger partial charge in [-0.2, -0.15) is 0 Å². The van der Waals surface area contributed by atoms with Crippen LogP contribution in [0.15, 0.2) is 76.9 Å². The highest BCUT2D eigenvalue weighted by Gasteiger charge is 2.20. The number of hydrogen-bond donors (Lipinski definition) is 0. The smallest absolute Gasteiger partial charge is 0.210 e. The Balaban J connectivity index is 1.59. The van der Waals surface area contributed by atoms with Crippen LogP contribution >= 0.6 is 0 Å². The molecule has 4 rings (SSSR count). The lowest BCUT2D eigenvalue weighted by Gasteiger charge is -2.24. The third-order valence-corrected chi connectivity index (χ3v) is 6.51. The third-order valence-electron chi connectivity index (χ3n) is 4.76. The Morgan fingerprint density at radius 2 is 1.69 bits per heavy atom. The number of imidazole rings is 1. The molecule has 1 aliphatic heterocycles. The van der Waals surface area contributed by atoms with Crippen molar-refractivity contribution in [2.45, 2.75) is 22.9 Å². The fourth-order valence-electron chi connectivity index (χ4n) is 3.22. The van der Waals surface area contributed by atoms with E-state index in [-0.39, 0.29) is 9.79 Å². The highest BCUT2D eigenvalue weighted by Crippen LogP contribution is 2.30. The molecule has 2 aromatic carbocycles. The number of ether oxygens (including phenoxy) is 2. The first-order valence-electron chi connectivity index (χ1n) is 9.03. The van der Waals surface area contributed by atoms with Crippen LogP contribution in [0.3, 0.4) is 0 Å². The van der Waals surface area contributed by atoms with E-state index < -0.39 is 9.84 Å². The number of rotatable bonds is 6. The Labute approximate surface area is 169 Å². The van der Waals surface area contributed by atoms with E-state index in [1.807, 2.05) is 29.4 Å². The van der Waals surface area contributed by atoms with Gasteiger partial charge in [0.15, 0.2) is 0 Å². The van der Waals surface area contributed by atoms with Gasteiger partial charge < -0.3 is 18.9 Å². The molecular formula is C21H21N3O4S. The standard InChI is InChI=1S/C21H21N3O4S/c1-27-17-12-18(28-2)14-20(13-17)29(25,26)19-6-4-16(5-7-19)15-24-10-3-9-23-11-8-22-21(23)24/h3-8,10-14H,9,15H2,1-2H3. The Morgan fingerprint density at radius 3 is 2.34 bits per heavy atom. The van der Waals surface area contributed by atoms with Crippen LogP contribution in [0.1, 0.15) is 5.56 Å². The molecular weight excluding hydrogens is 390 g/mol. The van der Waals surface area contributed by atoms with Crippen molar-refractivity contribution in [1.29, 1.82) is 0 Å². The first-order chi connectivity index (χ1) is 14.0. The molecule has 0 amide bonds. The normalized spacial score (nSPS) is 13.2. The van der Waals surface area contributed by atoms with Gasteiger partial charge in [-0.05, 0) is 35.9 Å². The second-order valence-electron chi connectivity index (χ2n) is 6.59. The molecule has 0 aliphatic carbocycles. The largest absolute Gasteiger partial charge is 0.497 e. The molecule has 8 heteroatoms. The predicted octanol–water partition coefficient (Wildman–Crippen LogP) is 3.27. The van der Waals surface area contributed by atoms with E-state index in [1.165, 1.54) is 26.4 Å². The van der Waals surface area contributed by atoms with Crippen molar-refractivity contribution in [1.82, 2.24) is 9.55 Å². The molecule has 150 valence electrons. The van der Waals surface area contributed by atoms with Crippen molar-refractivity contribution in [3.63, 3.8) is 0 Å². The monoisotopic (exact) mass is 411 g/mol. The maximum Gasteiger partial charge on any atom is 0.210 e. The predicted molar refractivity (Wildman–Crippen MR) is 109 cm³/mol. The first kappa shape index (κ1) is 19.1. The number of methoxy groups -OCH3 is 2. The minimum absolute atomic E-state index is 0.127. The van der Waals surface area contributed by atoms with Crippen LogP contribution in [0, 0.1) is 0 Å². The van der Waals surface area contributed by atoms with Crippen LogP contribution in [0.25, 0.3) is 0 Å². The quantitative estimate of drug-likeness (QED) is 0.620. The summed E-state index contributed by atoms with van der Waals surface area (Å²) in [5.41, 5.74) is 0.980. The summed E-state index contributed by atoms with van der Waals surface area (Å²) in [5.74, 6) is 1.71. The number of nitrogens with zero attached hydrogens (tertiary/aromatic N) is 3. The Kier molecular flexibility index (Phi) is 5.02. The van der Waals surface area contributed by atoms with Crippen LogP contribution in [0.2, 0.25) is 0 Å². The molecule has 0 N–H and O–H groups in total. The Morgan fingerprint density at radius 1 is 1.00 bits per heavy atom. The molecule has 3 aromatic rings. The second-order valence-corrected chi connectivity index (χ2v) is 8.54. The number of fused-ring (bicyclic) bond motifs is 1. The van der Waals surface area contributed by atoms with Crippen molar-refractivity contribution >= 4 is 15.8 Å². The zero-order valence-corrected chi connectivity index (χ0v) is 17.0. The molecule has 0 saturated carbocycles. The lowest BCUT2D eigenvalue weighted by molar-refractivity contribution is 0.392. The van der Waals surface area contributed by atoms with Gasteiger partial charge >= 0.3 is 0 Å². The van der Waals surface area contributed by atoms with Gasteiger partial charge in [-0.1, -0.05) is 12.1 Å². The molecule has 0 atom stereocenters. The van der Waals surface area contributed by atoms with Crippen molar-refractivity contribution in [3.05, 3.63) is 72.7 Å². The first-order valence-corrected chi connectivity index (χ1v) is 10.5. The van der Waals surface area contributed by atoms with E-state index in [4.69, 9.17) is 9.47 Å². The average molecular weight is 411 g/mol. The lowest BCUT2D eigenvalue weighted by atomic mass is 10.2. The van der Waals surface area contributed by atoms with E-state index in [0.29, 0.717) is 18.0 Å². The number of benzene rings is 2. The molecule has 0 radical (unpaired) electrons. The summed E-state index contributed by atoms with van der Waals surface area (Å²) in [6.45, 7) is 1.40. The molecule has 2 heterocycles. The van der Waals surface area contributed by atoms with E-state index in [2.05, 4.69) is 15.6 Å². The van der Waals surface area contributed by atoms with Crippen molar-refractivity contribution in [2.24, 2.45) is 0 Å². The summed E-state index contributed by atoms with van der Waals surface area (Å²) in [5, 5.41) is 0. The molecule has 0 saturated heterocycles. The van der Waals surface area contributed by atoms with Gasteiger partial charge in [-0.15, -0.1) is 0 Å². The average Bonchev–Trinajstić information content (AvgIpc) is 3.23. The van der Waals surface area contributed by atoms with Gasteiger partial charge in [0.2, 0.25) is 15.8 Å². The number of allylic oxidation sites excluding steroid dienone is 1. The summed E-state index contributed by atoms with van der Waals surface area (Å²) < 4.78 is 38.5. The maximum atomic E-state index is 13.1. The van der Waals surface area contributed by atoms with E-state index in [9.17, 15) is 8.42 Å². The second kappa shape index (κ2) is 7.63. The zero-order valence-electron chi connectivity index (χ0n) is 16.1. The SMILES string of the molecule is COc1cc(OC)cc(S(=O)(=O)c2ccc(CN3C=CCn4ccnc43)cc2)c1. The summed E-state index contributed by atoms with van der Waals surface area (Å²) in [6, 6.07) is 11.5. The van der Waals surface area contributed by atoms with E-state index in [0.717, 1.165) is 18.1 Å². The van der Waals surface area contributed by atoms with E-state index >= 15 is 0 Å². The van der Waals surface area contributed by atoms with Gasteiger partial charge in [0.1, 0.15) is 11.5 Å². The molecule has 0 bridgehead atoms. The number of anilines is 1. The fraction of sp³-hybridized carbons (Fsp3) is 0.190. The molecule has 7 nitrogen and oxygen atoms in total. The summed E-state index contributed by atoms with van der Waals surface area (Å²) in [6.07, 6.45) is 7.76. The molecule has 1 aromatic heterocycles. The maximum absolute atomic E-state index is 13.1. The molecule has 1 aliphatic rings. The topological polar surface area (TPSA) is 73.7 Å². The van der Waals surface area contributed by atoms with E-state index in [1.54, 1.807) is 24.4 Å². The number of sulfone groups is 1. The fourth-order valence-corrected chi connectivity index (χ4v) is 4.53. The number of hydrogen-bond acceptors (Lipinski definition) is 6. The molecule has 0 spiro atoms. The molecule has 29 heavy (non-hydrogen) atoms. The van der Waals surface area contributed by atoms with Crippen molar-refractivity contribution < 1.29 is 17.9 Å². The zero-order chi connectivity index (χ0) is 20.4. The van der Waals surface area contributed by atoms with Gasteiger partial charge in [0, 0.05) is 31.2 Å². The van der Waals surface area contributed by atoms with Crippen molar-refractivity contribution in [3.8, 4) is 11.5 Å². The van der Waals surface area contributed by atoms with Gasteiger partial charge in [-0.25, -0.2) is 13.4 Å². The lowest BCUT2D eigenvalue weighted by Crippen LogP contribution is -2.22. The van der Waals surface area contributed by atoms with Crippen LogP contribution < -0.4 is 14.4 Å². The third kappa shape index (κ3) is 3.71.